The summed E-state index contributed by atoms with van der Waals surface area (Å²) in [5.74, 6) is -0.584. The normalized spacial score (nSPS) is 18.8. The van der Waals surface area contributed by atoms with E-state index in [1.165, 1.54) is 14.0 Å². The van der Waals surface area contributed by atoms with Crippen molar-refractivity contribution in [1.29, 1.82) is 0 Å². The molecule has 0 aliphatic carbocycles. The summed E-state index contributed by atoms with van der Waals surface area (Å²) in [6.07, 6.45) is 0.680. The molecule has 3 rings (SSSR count). The van der Waals surface area contributed by atoms with Gasteiger partial charge in [-0.25, -0.2) is 14.4 Å². The minimum absolute atomic E-state index is 0.0707. The molecule has 1 saturated heterocycles. The molecule has 0 saturated carbocycles. The van der Waals surface area contributed by atoms with Gasteiger partial charge >= 0.3 is 18.1 Å². The smallest absolute Gasteiger partial charge is 0.410 e. The summed E-state index contributed by atoms with van der Waals surface area (Å²) >= 11 is 0. The Labute approximate surface area is 158 Å². The van der Waals surface area contributed by atoms with Gasteiger partial charge in [0.15, 0.2) is 6.10 Å². The number of ether oxygens (including phenoxy) is 2. The van der Waals surface area contributed by atoms with Crippen molar-refractivity contribution in [2.45, 2.75) is 38.3 Å². The number of fused-ring (bicyclic) bond motifs is 1. The van der Waals surface area contributed by atoms with Gasteiger partial charge in [-0.2, -0.15) is 0 Å². The van der Waals surface area contributed by atoms with Crippen LogP contribution in [-0.2, 0) is 20.7 Å². The number of nitrogens with zero attached hydrogens (tertiary/aromatic N) is 2. The minimum Gasteiger partial charge on any atom is -0.466 e. The second-order valence-corrected chi connectivity index (χ2v) is 6.80. The number of likely N-dealkylation sites (tertiary alicyclic amines) is 1. The molecule has 1 N–H and O–H groups in total. The van der Waals surface area contributed by atoms with E-state index in [-0.39, 0.29) is 12.1 Å². The molecule has 146 valence electrons. The highest BCUT2D eigenvalue weighted by atomic mass is 16.6. The van der Waals surface area contributed by atoms with E-state index in [1.807, 2.05) is 29.2 Å². The highest BCUT2D eigenvalue weighted by molar-refractivity contribution is 5.91. The monoisotopic (exact) mass is 375 g/mol. The van der Waals surface area contributed by atoms with Gasteiger partial charge in [0, 0.05) is 31.4 Å². The Bertz CT molecular complexity index is 715. The van der Waals surface area contributed by atoms with Crippen LogP contribution in [0.2, 0.25) is 0 Å². The van der Waals surface area contributed by atoms with Crippen molar-refractivity contribution in [2.75, 3.05) is 32.1 Å². The van der Waals surface area contributed by atoms with E-state index in [1.54, 1.807) is 4.90 Å². The van der Waals surface area contributed by atoms with Crippen LogP contribution >= 0.6 is 0 Å². The molecule has 2 aliphatic heterocycles. The summed E-state index contributed by atoms with van der Waals surface area (Å²) in [6, 6.07) is 7.80. The maximum Gasteiger partial charge on any atom is 0.410 e. The second-order valence-electron chi connectivity index (χ2n) is 6.80. The van der Waals surface area contributed by atoms with Crippen LogP contribution in [-0.4, -0.2) is 66.8 Å². The summed E-state index contributed by atoms with van der Waals surface area (Å²) in [5.41, 5.74) is 1.99. The zero-order valence-electron chi connectivity index (χ0n) is 15.6. The summed E-state index contributed by atoms with van der Waals surface area (Å²) in [7, 11) is 1.25. The molecule has 2 aliphatic rings. The third-order valence-corrected chi connectivity index (χ3v) is 5.12. The molecular weight excluding hydrogens is 350 g/mol. The number of esters is 1. The molecule has 1 aromatic carbocycles. The maximum atomic E-state index is 12.6. The van der Waals surface area contributed by atoms with Crippen molar-refractivity contribution in [3.63, 3.8) is 0 Å². The average molecular weight is 375 g/mol. The number of benzene rings is 1. The van der Waals surface area contributed by atoms with E-state index in [9.17, 15) is 14.4 Å². The van der Waals surface area contributed by atoms with Gasteiger partial charge in [-0.05, 0) is 37.8 Å². The predicted molar refractivity (Wildman–Crippen MR) is 98.4 cm³/mol. The van der Waals surface area contributed by atoms with Crippen molar-refractivity contribution >= 4 is 23.8 Å². The number of para-hydroxylation sites is 1. The number of hydrogen-bond donors (Lipinski definition) is 1. The number of anilines is 1. The molecule has 0 spiro atoms. The molecule has 1 unspecified atom stereocenters. The van der Waals surface area contributed by atoms with Gasteiger partial charge in [-0.15, -0.1) is 0 Å². The molecule has 1 atom stereocenters. The highest BCUT2D eigenvalue weighted by Crippen LogP contribution is 2.24. The maximum absolute atomic E-state index is 12.6. The minimum atomic E-state index is -0.935. The Morgan fingerprint density at radius 3 is 2.59 bits per heavy atom. The van der Waals surface area contributed by atoms with Crippen LogP contribution in [0.4, 0.5) is 15.3 Å². The molecule has 8 heteroatoms. The molecule has 1 fully saturated rings. The van der Waals surface area contributed by atoms with Crippen molar-refractivity contribution in [2.24, 2.45) is 0 Å². The fourth-order valence-electron chi connectivity index (χ4n) is 3.54. The number of carbonyl (C=O) groups is 3. The Hall–Kier alpha value is -2.77. The molecule has 3 amide bonds. The van der Waals surface area contributed by atoms with Gasteiger partial charge in [0.1, 0.15) is 0 Å². The SMILES string of the molecule is COC(=O)C(C)OC(=O)N1CCC(N2CCc3ccccc3NC2=O)CC1. The van der Waals surface area contributed by atoms with Crippen molar-refractivity contribution < 1.29 is 23.9 Å². The standard InChI is InChI=1S/C19H25N3O5/c1-13(17(23)26-2)27-19(25)21-10-8-15(9-11-21)22-12-7-14-5-3-4-6-16(14)20-18(22)24/h3-6,13,15H,7-12H2,1-2H3,(H,20,24). The number of amides is 3. The summed E-state index contributed by atoms with van der Waals surface area (Å²) < 4.78 is 9.69. The lowest BCUT2D eigenvalue weighted by Crippen LogP contribution is -2.50. The van der Waals surface area contributed by atoms with E-state index in [0.717, 1.165) is 17.7 Å². The van der Waals surface area contributed by atoms with E-state index < -0.39 is 18.2 Å². The fourth-order valence-corrected chi connectivity index (χ4v) is 3.54. The van der Waals surface area contributed by atoms with Gasteiger partial charge < -0.3 is 24.6 Å². The van der Waals surface area contributed by atoms with Crippen molar-refractivity contribution in [1.82, 2.24) is 9.80 Å². The zero-order valence-corrected chi connectivity index (χ0v) is 15.6. The van der Waals surface area contributed by atoms with Crippen molar-refractivity contribution in [3.8, 4) is 0 Å². The topological polar surface area (TPSA) is 88.2 Å². The molecule has 0 aromatic heterocycles. The third kappa shape index (κ3) is 4.32. The van der Waals surface area contributed by atoms with Crippen LogP contribution in [0, 0.1) is 0 Å². The summed E-state index contributed by atoms with van der Waals surface area (Å²) in [4.78, 5) is 39.6. The lowest BCUT2D eigenvalue weighted by atomic mass is 10.0. The van der Waals surface area contributed by atoms with Gasteiger partial charge in [-0.1, -0.05) is 18.2 Å². The van der Waals surface area contributed by atoms with Gasteiger partial charge in [0.05, 0.1) is 7.11 Å². The summed E-state index contributed by atoms with van der Waals surface area (Å²) in [6.45, 7) is 3.09. The highest BCUT2D eigenvalue weighted by Gasteiger charge is 2.32. The first kappa shape index (κ1) is 19.0. The molecular formula is C19H25N3O5. The number of rotatable bonds is 3. The first-order chi connectivity index (χ1) is 13.0. The van der Waals surface area contributed by atoms with Crippen LogP contribution in [0.25, 0.3) is 0 Å². The van der Waals surface area contributed by atoms with Crippen LogP contribution in [0.15, 0.2) is 24.3 Å². The molecule has 27 heavy (non-hydrogen) atoms. The second kappa shape index (κ2) is 8.28. The van der Waals surface area contributed by atoms with Gasteiger partial charge in [0.25, 0.3) is 0 Å². The molecule has 0 radical (unpaired) electrons. The number of nitrogens with one attached hydrogen (secondary N) is 1. The zero-order chi connectivity index (χ0) is 19.4. The Kier molecular flexibility index (Phi) is 5.83. The van der Waals surface area contributed by atoms with Crippen molar-refractivity contribution in [3.05, 3.63) is 29.8 Å². The lowest BCUT2D eigenvalue weighted by Gasteiger charge is -2.37. The van der Waals surface area contributed by atoms with Crippen LogP contribution < -0.4 is 5.32 Å². The largest absolute Gasteiger partial charge is 0.466 e. The van der Waals surface area contributed by atoms with Crippen LogP contribution in [0.1, 0.15) is 25.3 Å². The summed E-state index contributed by atoms with van der Waals surface area (Å²) in [5, 5.41) is 2.98. The van der Waals surface area contributed by atoms with E-state index in [4.69, 9.17) is 4.74 Å². The molecule has 0 bridgehead atoms. The molecule has 8 nitrogen and oxygen atoms in total. The first-order valence-corrected chi connectivity index (χ1v) is 9.18. The number of carbonyl (C=O) groups excluding carboxylic acids is 3. The Morgan fingerprint density at radius 1 is 1.19 bits per heavy atom. The van der Waals surface area contributed by atoms with Crippen LogP contribution in [0.3, 0.4) is 0 Å². The van der Waals surface area contributed by atoms with Gasteiger partial charge in [-0.3, -0.25) is 0 Å². The Morgan fingerprint density at radius 2 is 1.89 bits per heavy atom. The van der Waals surface area contributed by atoms with E-state index in [2.05, 4.69) is 10.1 Å². The lowest BCUT2D eigenvalue weighted by molar-refractivity contribution is -0.150. The third-order valence-electron chi connectivity index (χ3n) is 5.12. The Balaban J connectivity index is 1.54. The number of piperidine rings is 1. The van der Waals surface area contributed by atoms with E-state index >= 15 is 0 Å². The van der Waals surface area contributed by atoms with E-state index in [0.29, 0.717) is 32.5 Å². The number of hydrogen-bond acceptors (Lipinski definition) is 5. The molecule has 1 aromatic rings. The molecule has 2 heterocycles. The predicted octanol–water partition coefficient (Wildman–Crippen LogP) is 2.24. The fraction of sp³-hybridized carbons (Fsp3) is 0.526. The van der Waals surface area contributed by atoms with Gasteiger partial charge in [0.2, 0.25) is 0 Å². The quantitative estimate of drug-likeness (QED) is 0.819. The average Bonchev–Trinajstić information content (AvgIpc) is 2.85. The first-order valence-electron chi connectivity index (χ1n) is 9.18. The number of methoxy groups -OCH3 is 1. The number of urea groups is 1. The van der Waals surface area contributed by atoms with Crippen LogP contribution in [0.5, 0.6) is 0 Å².